The summed E-state index contributed by atoms with van der Waals surface area (Å²) in [5.41, 5.74) is 4.40. The smallest absolute Gasteiger partial charge is 0.128 e. The second kappa shape index (κ2) is 7.64. The molecule has 0 aliphatic heterocycles. The van der Waals surface area contributed by atoms with Crippen molar-refractivity contribution in [2.24, 2.45) is 0 Å². The minimum absolute atomic E-state index is 0.146. The van der Waals surface area contributed by atoms with Crippen LogP contribution in [-0.4, -0.2) is 24.2 Å². The maximum Gasteiger partial charge on any atom is 0.128 e. The van der Waals surface area contributed by atoms with Crippen molar-refractivity contribution in [3.8, 4) is 11.5 Å². The molecule has 0 spiro atoms. The second-order valence-corrected chi connectivity index (χ2v) is 6.61. The quantitative estimate of drug-likeness (QED) is 0.494. The minimum Gasteiger partial charge on any atom is -0.497 e. The summed E-state index contributed by atoms with van der Waals surface area (Å²) in [5, 5.41) is 4.76. The number of nitrogens with one attached hydrogen (secondary N) is 2. The van der Waals surface area contributed by atoms with Gasteiger partial charge in [0, 0.05) is 40.0 Å². The average Bonchev–Trinajstić information content (AvgIpc) is 3.08. The predicted octanol–water partition coefficient (Wildman–Crippen LogP) is 5.09. The number of benzene rings is 2. The molecule has 4 aromatic rings. The first kappa shape index (κ1) is 17.9. The largest absolute Gasteiger partial charge is 0.497 e. The number of hydrogen-bond donors (Lipinski definition) is 2. The van der Waals surface area contributed by atoms with E-state index in [-0.39, 0.29) is 6.04 Å². The lowest BCUT2D eigenvalue weighted by molar-refractivity contribution is 0.390. The van der Waals surface area contributed by atoms with Gasteiger partial charge >= 0.3 is 0 Å². The van der Waals surface area contributed by atoms with Crippen molar-refractivity contribution in [3.63, 3.8) is 0 Å². The molecule has 0 amide bonds. The standard InChI is InChI=1S/C23H23N3O2/c1-15-22(17-8-4-5-9-19(17)25-15)23(26-21-10-6-7-13-24-21)18-12-11-16(27-2)14-20(18)28-3/h4-14,23,25H,1-3H3,(H,24,26). The van der Waals surface area contributed by atoms with E-state index >= 15 is 0 Å². The molecule has 0 radical (unpaired) electrons. The Morgan fingerprint density at radius 2 is 1.79 bits per heavy atom. The van der Waals surface area contributed by atoms with Crippen molar-refractivity contribution < 1.29 is 9.47 Å². The SMILES string of the molecule is COc1ccc(C(Nc2ccccn2)c2c(C)[nH]c3ccccc23)c(OC)c1. The number of methoxy groups -OCH3 is 2. The van der Waals surface area contributed by atoms with Crippen LogP contribution in [0.3, 0.4) is 0 Å². The molecule has 0 fully saturated rings. The highest BCUT2D eigenvalue weighted by atomic mass is 16.5. The van der Waals surface area contributed by atoms with Gasteiger partial charge in [-0.1, -0.05) is 24.3 Å². The molecule has 0 saturated carbocycles. The number of pyridine rings is 1. The van der Waals surface area contributed by atoms with E-state index in [1.54, 1.807) is 20.4 Å². The number of hydrogen-bond acceptors (Lipinski definition) is 4. The number of aryl methyl sites for hydroxylation is 1. The van der Waals surface area contributed by atoms with Crippen molar-refractivity contribution in [2.75, 3.05) is 19.5 Å². The van der Waals surface area contributed by atoms with Crippen LogP contribution in [0.25, 0.3) is 10.9 Å². The van der Waals surface area contributed by atoms with Crippen molar-refractivity contribution in [3.05, 3.63) is 83.7 Å². The van der Waals surface area contributed by atoms with Gasteiger partial charge < -0.3 is 19.8 Å². The number of ether oxygens (including phenoxy) is 2. The molecule has 2 heterocycles. The Kier molecular flexibility index (Phi) is 4.89. The fraction of sp³-hybridized carbons (Fsp3) is 0.174. The zero-order chi connectivity index (χ0) is 19.5. The Morgan fingerprint density at radius 1 is 0.964 bits per heavy atom. The van der Waals surface area contributed by atoms with E-state index in [0.717, 1.165) is 34.1 Å². The van der Waals surface area contributed by atoms with Gasteiger partial charge in [0.2, 0.25) is 0 Å². The first-order valence-corrected chi connectivity index (χ1v) is 9.18. The molecular formula is C23H23N3O2. The van der Waals surface area contributed by atoms with Crippen LogP contribution in [-0.2, 0) is 0 Å². The molecule has 142 valence electrons. The van der Waals surface area contributed by atoms with Gasteiger partial charge in [-0.2, -0.15) is 0 Å². The molecule has 0 saturated heterocycles. The lowest BCUT2D eigenvalue weighted by Gasteiger charge is -2.23. The number of nitrogens with zero attached hydrogens (tertiary/aromatic N) is 1. The van der Waals surface area contributed by atoms with E-state index in [1.165, 1.54) is 10.9 Å². The van der Waals surface area contributed by atoms with Gasteiger partial charge in [0.05, 0.1) is 20.3 Å². The van der Waals surface area contributed by atoms with E-state index in [0.29, 0.717) is 0 Å². The van der Waals surface area contributed by atoms with E-state index in [9.17, 15) is 0 Å². The Balaban J connectivity index is 1.91. The van der Waals surface area contributed by atoms with Crippen LogP contribution in [0.15, 0.2) is 66.9 Å². The normalized spacial score (nSPS) is 12.0. The van der Waals surface area contributed by atoms with Crippen LogP contribution in [0.2, 0.25) is 0 Å². The van der Waals surface area contributed by atoms with Gasteiger partial charge in [0.15, 0.2) is 0 Å². The average molecular weight is 373 g/mol. The van der Waals surface area contributed by atoms with Crippen LogP contribution in [0.4, 0.5) is 5.82 Å². The molecule has 1 unspecified atom stereocenters. The summed E-state index contributed by atoms with van der Waals surface area (Å²) in [7, 11) is 3.33. The third-order valence-corrected chi connectivity index (χ3v) is 4.94. The molecule has 1 atom stereocenters. The number of para-hydroxylation sites is 1. The molecule has 2 N–H and O–H groups in total. The Morgan fingerprint density at radius 3 is 2.54 bits per heavy atom. The summed E-state index contributed by atoms with van der Waals surface area (Å²) in [6, 6.07) is 19.9. The van der Waals surface area contributed by atoms with Gasteiger partial charge in [-0.15, -0.1) is 0 Å². The molecular weight excluding hydrogens is 350 g/mol. The van der Waals surface area contributed by atoms with Gasteiger partial charge in [-0.25, -0.2) is 4.98 Å². The maximum atomic E-state index is 5.71. The Labute approximate surface area is 164 Å². The summed E-state index contributed by atoms with van der Waals surface area (Å²) in [6.45, 7) is 2.10. The Bertz CT molecular complexity index is 1090. The maximum absolute atomic E-state index is 5.71. The van der Waals surface area contributed by atoms with E-state index in [4.69, 9.17) is 9.47 Å². The van der Waals surface area contributed by atoms with E-state index in [1.807, 2.05) is 42.5 Å². The van der Waals surface area contributed by atoms with Gasteiger partial charge in [0.25, 0.3) is 0 Å². The molecule has 5 heteroatoms. The number of aromatic nitrogens is 2. The van der Waals surface area contributed by atoms with Gasteiger partial charge in [-0.05, 0) is 37.3 Å². The molecule has 2 aromatic carbocycles. The van der Waals surface area contributed by atoms with Crippen molar-refractivity contribution in [1.29, 1.82) is 0 Å². The summed E-state index contributed by atoms with van der Waals surface area (Å²) in [6.07, 6.45) is 1.78. The molecule has 28 heavy (non-hydrogen) atoms. The monoisotopic (exact) mass is 373 g/mol. The number of aromatic amines is 1. The van der Waals surface area contributed by atoms with Crippen molar-refractivity contribution >= 4 is 16.7 Å². The zero-order valence-electron chi connectivity index (χ0n) is 16.2. The summed E-state index contributed by atoms with van der Waals surface area (Å²) in [4.78, 5) is 7.96. The highest BCUT2D eigenvalue weighted by Crippen LogP contribution is 2.39. The topological polar surface area (TPSA) is 59.2 Å². The summed E-state index contributed by atoms with van der Waals surface area (Å²) < 4.78 is 11.1. The first-order valence-electron chi connectivity index (χ1n) is 9.18. The first-order chi connectivity index (χ1) is 13.7. The lowest BCUT2D eigenvalue weighted by atomic mass is 9.95. The molecule has 0 aliphatic carbocycles. The lowest BCUT2D eigenvalue weighted by Crippen LogP contribution is -2.15. The summed E-state index contributed by atoms with van der Waals surface area (Å²) in [5.74, 6) is 2.32. The van der Waals surface area contributed by atoms with Crippen LogP contribution in [0.1, 0.15) is 22.9 Å². The number of H-pyrrole nitrogens is 1. The molecule has 5 nitrogen and oxygen atoms in total. The van der Waals surface area contributed by atoms with Crippen molar-refractivity contribution in [1.82, 2.24) is 9.97 Å². The van der Waals surface area contributed by atoms with Crippen LogP contribution < -0.4 is 14.8 Å². The molecule has 0 bridgehead atoms. The number of rotatable bonds is 6. The third-order valence-electron chi connectivity index (χ3n) is 4.94. The van der Waals surface area contributed by atoms with Gasteiger partial charge in [-0.3, -0.25) is 0 Å². The predicted molar refractivity (Wildman–Crippen MR) is 112 cm³/mol. The van der Waals surface area contributed by atoms with Crippen molar-refractivity contribution in [2.45, 2.75) is 13.0 Å². The fourth-order valence-corrected chi connectivity index (χ4v) is 3.63. The minimum atomic E-state index is -0.146. The van der Waals surface area contributed by atoms with Crippen LogP contribution in [0, 0.1) is 6.92 Å². The summed E-state index contributed by atoms with van der Waals surface area (Å²) >= 11 is 0. The number of anilines is 1. The molecule has 0 aliphatic rings. The van der Waals surface area contributed by atoms with Crippen LogP contribution in [0.5, 0.6) is 11.5 Å². The number of fused-ring (bicyclic) bond motifs is 1. The van der Waals surface area contributed by atoms with E-state index < -0.39 is 0 Å². The highest BCUT2D eigenvalue weighted by molar-refractivity contribution is 5.86. The fourth-order valence-electron chi connectivity index (χ4n) is 3.63. The Hall–Kier alpha value is -3.47. The van der Waals surface area contributed by atoms with Gasteiger partial charge in [0.1, 0.15) is 17.3 Å². The molecule has 2 aromatic heterocycles. The highest BCUT2D eigenvalue weighted by Gasteiger charge is 2.24. The third kappa shape index (κ3) is 3.27. The van der Waals surface area contributed by atoms with E-state index in [2.05, 4.69) is 40.4 Å². The second-order valence-electron chi connectivity index (χ2n) is 6.61. The zero-order valence-corrected chi connectivity index (χ0v) is 16.2. The van der Waals surface area contributed by atoms with Crippen LogP contribution >= 0.6 is 0 Å². The molecule has 4 rings (SSSR count).